The monoisotopic (exact) mass is 1170 g/mol. The Morgan fingerprint density at radius 1 is 0.880 bits per heavy atom. The molecule has 83 heavy (non-hydrogen) atoms. The largest absolute Gasteiger partial charge is 0.507 e. The minimum Gasteiger partial charge on any atom is -0.507 e. The highest BCUT2D eigenvalue weighted by Gasteiger charge is 2.57. The van der Waals surface area contributed by atoms with Crippen LogP contribution in [-0.4, -0.2) is 152 Å². The first-order valence-electron chi connectivity index (χ1n) is 28.4. The molecule has 22 heteroatoms. The number of anilines is 1. The number of carboxylic acid groups (broad SMARTS) is 1. The summed E-state index contributed by atoms with van der Waals surface area (Å²) in [5.41, 5.74) is -2.88. The van der Waals surface area contributed by atoms with Crippen LogP contribution < -0.4 is 20.4 Å². The van der Waals surface area contributed by atoms with Gasteiger partial charge in [0.2, 0.25) is 17.0 Å². The number of nitrogens with zero attached hydrogens (tertiary/aromatic N) is 4. The summed E-state index contributed by atoms with van der Waals surface area (Å²) in [5.74, 6) is -11.8. The van der Waals surface area contributed by atoms with E-state index < -0.39 is 128 Å². The predicted octanol–water partition coefficient (Wildman–Crippen LogP) is 6.78. The summed E-state index contributed by atoms with van der Waals surface area (Å²) in [5, 5.41) is 47.6. The number of halogens is 2. The van der Waals surface area contributed by atoms with Gasteiger partial charge in [0.25, 0.3) is 11.7 Å². The number of aromatic carboxylic acids is 1. The number of hydrogen-bond acceptors (Lipinski definition) is 17. The number of pyridine rings is 1. The van der Waals surface area contributed by atoms with Gasteiger partial charge < -0.3 is 59.1 Å². The first-order valence-corrected chi connectivity index (χ1v) is 28.7. The van der Waals surface area contributed by atoms with Crippen LogP contribution in [0.15, 0.2) is 64.6 Å². The lowest BCUT2D eigenvalue weighted by atomic mass is 9.78. The Balaban J connectivity index is 0.968. The number of fused-ring (bicyclic) bond motifs is 15. The molecule has 8 aliphatic rings. The Morgan fingerprint density at radius 3 is 2.19 bits per heavy atom. The number of carbonyl (C=O) groups is 6. The molecule has 10 atom stereocenters. The minimum absolute atomic E-state index is 0.0385. The van der Waals surface area contributed by atoms with Crippen molar-refractivity contribution in [1.82, 2.24) is 19.7 Å². The number of allylic oxidation sites excluding steroid dienone is 4. The van der Waals surface area contributed by atoms with Gasteiger partial charge in [-0.05, 0) is 64.0 Å². The number of rotatable bonds is 8. The molecule has 444 valence electrons. The number of nitrogens with one attached hydrogen (secondary N) is 1. The third kappa shape index (κ3) is 10.2. The molecule has 3 aliphatic carbocycles. The number of carbonyl (C=O) groups excluding carboxylic acids is 5. The summed E-state index contributed by atoms with van der Waals surface area (Å²) in [6.45, 7) is 14.4. The van der Waals surface area contributed by atoms with Crippen molar-refractivity contribution in [2.75, 3.05) is 51.3 Å². The van der Waals surface area contributed by atoms with Crippen molar-refractivity contribution < 1.29 is 72.5 Å². The van der Waals surface area contributed by atoms with Crippen LogP contribution in [0.1, 0.15) is 134 Å². The van der Waals surface area contributed by atoms with Crippen molar-refractivity contribution in [3.8, 4) is 11.5 Å². The van der Waals surface area contributed by atoms with E-state index in [4.69, 9.17) is 30.5 Å². The number of carboxylic acids is 1. The molecule has 2 saturated heterocycles. The van der Waals surface area contributed by atoms with Crippen molar-refractivity contribution in [3.05, 3.63) is 109 Å². The van der Waals surface area contributed by atoms with Gasteiger partial charge in [-0.1, -0.05) is 57.5 Å². The van der Waals surface area contributed by atoms with E-state index in [0.717, 1.165) is 31.7 Å². The van der Waals surface area contributed by atoms with Crippen LogP contribution in [0.5, 0.6) is 11.5 Å². The van der Waals surface area contributed by atoms with Crippen LogP contribution in [-0.2, 0) is 23.8 Å². The Kier molecular flexibility index (Phi) is 15.9. The lowest BCUT2D eigenvalue weighted by Gasteiger charge is -2.44. The van der Waals surface area contributed by atoms with Crippen molar-refractivity contribution in [2.45, 2.75) is 129 Å². The second kappa shape index (κ2) is 22.3. The minimum atomic E-state index is -2.16. The second-order valence-corrected chi connectivity index (χ2v) is 24.1. The number of esters is 1. The molecular formula is C61H71ClFN5O15. The fraction of sp³-hybridized carbons (Fsp3) is 0.525. The third-order valence-corrected chi connectivity index (χ3v) is 18.9. The van der Waals surface area contributed by atoms with Crippen molar-refractivity contribution in [3.63, 3.8) is 0 Å². The number of piperazine rings is 1. The van der Waals surface area contributed by atoms with Crippen LogP contribution in [0.25, 0.3) is 10.9 Å². The van der Waals surface area contributed by atoms with E-state index in [-0.39, 0.29) is 74.8 Å². The Labute approximate surface area is 484 Å². The number of methoxy groups -OCH3 is 1. The molecule has 20 nitrogen and oxygen atoms in total. The van der Waals surface area contributed by atoms with E-state index in [1.807, 2.05) is 4.90 Å². The molecule has 1 aromatic heterocycles. The summed E-state index contributed by atoms with van der Waals surface area (Å²) in [7, 11) is 1.42. The first-order chi connectivity index (χ1) is 39.3. The molecule has 0 spiro atoms. The van der Waals surface area contributed by atoms with Crippen LogP contribution in [0, 0.1) is 42.3 Å². The van der Waals surface area contributed by atoms with Crippen LogP contribution in [0.2, 0.25) is 5.02 Å². The fourth-order valence-electron chi connectivity index (χ4n) is 13.4. The number of aromatic hydroxyl groups is 1. The molecule has 6 heterocycles. The summed E-state index contributed by atoms with van der Waals surface area (Å²) < 4.78 is 41.9. The van der Waals surface area contributed by atoms with Crippen molar-refractivity contribution in [2.24, 2.45) is 29.6 Å². The molecule has 2 saturated carbocycles. The van der Waals surface area contributed by atoms with Crippen LogP contribution in [0.4, 0.5) is 10.1 Å². The number of Topliss-reactive ketones (excluding diaryl/α,β-unsaturated/α-hetero) is 3. The highest BCUT2D eigenvalue weighted by Crippen LogP contribution is 2.54. The lowest BCUT2D eigenvalue weighted by molar-refractivity contribution is -0.160. The van der Waals surface area contributed by atoms with Gasteiger partial charge in [-0.3, -0.25) is 33.7 Å². The molecule has 1 unspecified atom stereocenters. The average Bonchev–Trinajstić information content (AvgIpc) is 2.71. The van der Waals surface area contributed by atoms with Gasteiger partial charge in [0.05, 0.1) is 62.9 Å². The van der Waals surface area contributed by atoms with E-state index in [2.05, 4.69) is 10.2 Å². The quantitative estimate of drug-likeness (QED) is 0.146. The number of amides is 1. The standard InChI is InChI=1S/C61H71ClFN5O15/c1-28-11-10-12-29(2)58(77)64-45-48(65-20-22-67(23-21-65)61(17-18-61)35-15-19-66(26-35)47-39(63)25-37-46(44(47)62)68(36-13-14-36)27-38(52(37)73)59(78)79)54(75)41-42(53(45)74)51(72)33(6)56-43(41)57(76)60(8,83-56)81-24-16-40(80-9)30(3)55(82-34(7)69)32(5)50(71)31(4)49(28)70/h10-12,16,24-25,27-28,30-32,35-36,40,49-50,55,70-72H,13-15,17-23,26H2,1-9H3,(H,64,77)(H,78,79)/t28-,30+,31+,32+,35?,40-,49-,50+,55+,60-/m0/s1. The number of ketones is 3. The number of aromatic nitrogens is 1. The number of aliphatic hydroxyl groups excluding tert-OH is 2. The number of phenols is 1. The third-order valence-electron chi connectivity index (χ3n) is 18.5. The highest BCUT2D eigenvalue weighted by atomic mass is 35.5. The smallest absolute Gasteiger partial charge is 0.341 e. The maximum Gasteiger partial charge on any atom is 0.341 e. The first kappa shape index (κ1) is 59.3. The van der Waals surface area contributed by atoms with E-state index >= 15 is 14.0 Å². The fourth-order valence-corrected chi connectivity index (χ4v) is 13.8. The van der Waals surface area contributed by atoms with Crippen molar-refractivity contribution >= 4 is 63.4 Å². The summed E-state index contributed by atoms with van der Waals surface area (Å²) in [4.78, 5) is 104. The molecule has 2 aromatic carbocycles. The zero-order valence-electron chi connectivity index (χ0n) is 47.9. The summed E-state index contributed by atoms with van der Waals surface area (Å²) >= 11 is 7.06. The molecule has 3 aromatic rings. The Bertz CT molecular complexity index is 3450. The average molecular weight is 1170 g/mol. The molecular weight excluding hydrogens is 1100 g/mol. The van der Waals surface area contributed by atoms with Crippen LogP contribution in [0.3, 0.4) is 0 Å². The van der Waals surface area contributed by atoms with E-state index in [1.165, 1.54) is 59.4 Å². The summed E-state index contributed by atoms with van der Waals surface area (Å²) in [6, 6.07) is 1.02. The normalized spacial score (nSPS) is 29.7. The SMILES string of the molecule is CO[C@H]1C=CO[C@@]2(C)Oc3c(C)c(O)c4c(c3C2=O)C(=O)C(N2CCN(C3(C5CCN(c6c(F)cc7c(=O)c(C(=O)O)cn(C8CC8)c7c6Cl)C5)CC3)CC2)=C(NC(=O)C(C)=CC=C[C@H](C)[C@H](O)[C@@H](C)[C@@H](O)[C@@H](C)[C@H](OC(C)=O)[C@@H]1C)C4=O. The van der Waals surface area contributed by atoms with Gasteiger partial charge >= 0.3 is 17.7 Å². The Morgan fingerprint density at radius 2 is 1.57 bits per heavy atom. The van der Waals surface area contributed by atoms with Gasteiger partial charge in [0.15, 0.2) is 0 Å². The van der Waals surface area contributed by atoms with Crippen LogP contribution >= 0.6 is 11.6 Å². The number of benzene rings is 2. The van der Waals surface area contributed by atoms with Gasteiger partial charge in [0, 0.05) is 113 Å². The zero-order valence-corrected chi connectivity index (χ0v) is 48.7. The van der Waals surface area contributed by atoms with Gasteiger partial charge in [-0.15, -0.1) is 0 Å². The number of ether oxygens (including phenoxy) is 4. The number of aliphatic hydroxyl groups is 2. The molecule has 4 fully saturated rings. The highest BCUT2D eigenvalue weighted by molar-refractivity contribution is 6.38. The van der Waals surface area contributed by atoms with Crippen molar-refractivity contribution in [1.29, 1.82) is 0 Å². The Hall–Kier alpha value is -6.91. The molecule has 1 amide bonds. The zero-order chi connectivity index (χ0) is 60.0. The van der Waals surface area contributed by atoms with E-state index in [0.29, 0.717) is 38.1 Å². The second-order valence-electron chi connectivity index (χ2n) is 23.8. The van der Waals surface area contributed by atoms with E-state index in [9.17, 15) is 44.4 Å². The lowest BCUT2D eigenvalue weighted by Crippen LogP contribution is -2.55. The summed E-state index contributed by atoms with van der Waals surface area (Å²) in [6.07, 6.45) is 8.36. The number of phenolic OH excluding ortho intramolecular Hbond substituents is 1. The maximum absolute atomic E-state index is 16.3. The topological polar surface area (TPSA) is 264 Å². The number of hydrogen-bond donors (Lipinski definition) is 5. The molecule has 0 radical (unpaired) electrons. The molecule has 11 rings (SSSR count). The predicted molar refractivity (Wildman–Crippen MR) is 302 cm³/mol. The van der Waals surface area contributed by atoms with E-state index in [1.54, 1.807) is 49.3 Å². The van der Waals surface area contributed by atoms with Gasteiger partial charge in [-0.25, -0.2) is 9.18 Å². The molecule has 5 bridgehead atoms. The maximum atomic E-state index is 16.3. The molecule has 5 aliphatic heterocycles. The van der Waals surface area contributed by atoms with Gasteiger partial charge in [-0.2, -0.15) is 0 Å². The molecule has 5 N–H and O–H groups in total. The van der Waals surface area contributed by atoms with Gasteiger partial charge in [0.1, 0.15) is 40.4 Å².